The summed E-state index contributed by atoms with van der Waals surface area (Å²) in [7, 11) is 0. The van der Waals surface area contributed by atoms with Crippen LogP contribution in [0.5, 0.6) is 0 Å². The summed E-state index contributed by atoms with van der Waals surface area (Å²) in [5.41, 5.74) is -1.32. The molecule has 0 N–H and O–H groups in total. The van der Waals surface area contributed by atoms with Crippen LogP contribution in [-0.4, -0.2) is 16.8 Å². The van der Waals surface area contributed by atoms with E-state index in [0.717, 1.165) is 0 Å². The van der Waals surface area contributed by atoms with Crippen molar-refractivity contribution in [1.29, 1.82) is 0 Å². The van der Waals surface area contributed by atoms with Gasteiger partial charge in [0.05, 0.1) is 0 Å². The van der Waals surface area contributed by atoms with Crippen LogP contribution in [-0.2, 0) is 12.6 Å². The summed E-state index contributed by atoms with van der Waals surface area (Å²) in [5, 5.41) is 2.75. The predicted octanol–water partition coefficient (Wildman–Crippen LogP) is -0.708. The molecule has 1 aromatic rings. The maximum absolute atomic E-state index is 11.9. The van der Waals surface area contributed by atoms with Gasteiger partial charge in [0.25, 0.3) is 0 Å². The van der Waals surface area contributed by atoms with Gasteiger partial charge in [-0.3, -0.25) is 4.68 Å². The van der Waals surface area contributed by atoms with Gasteiger partial charge in [0.2, 0.25) is 0 Å². The summed E-state index contributed by atoms with van der Waals surface area (Å²) in [6.45, 7) is -5.18. The average molecular weight is 256 g/mol. The predicted molar refractivity (Wildman–Crippen MR) is 36.3 cm³/mol. The second kappa shape index (κ2) is 5.21. The van der Waals surface area contributed by atoms with Crippen molar-refractivity contribution in [3.05, 3.63) is 18.0 Å². The van der Waals surface area contributed by atoms with Gasteiger partial charge < -0.3 is 12.9 Å². The van der Waals surface area contributed by atoms with Crippen molar-refractivity contribution in [2.75, 3.05) is 0 Å². The van der Waals surface area contributed by atoms with Crippen molar-refractivity contribution in [3.8, 4) is 0 Å². The third-order valence-corrected chi connectivity index (χ3v) is 1.33. The first kappa shape index (κ1) is 15.5. The van der Waals surface area contributed by atoms with Crippen LogP contribution in [0.1, 0.15) is 5.69 Å². The molecular weight excluding hydrogens is 252 g/mol. The van der Waals surface area contributed by atoms with Crippen molar-refractivity contribution in [1.82, 2.24) is 9.78 Å². The smallest absolute Gasteiger partial charge is 0.448 e. The zero-order valence-corrected chi connectivity index (χ0v) is 10.7. The first-order valence-electron chi connectivity index (χ1n) is 3.50. The van der Waals surface area contributed by atoms with E-state index < -0.39 is 25.3 Å². The first-order valence-corrected chi connectivity index (χ1v) is 3.50. The van der Waals surface area contributed by atoms with Crippen molar-refractivity contribution in [2.45, 2.75) is 12.6 Å². The number of halogens is 6. The largest absolute Gasteiger partial charge is 1.00 e. The SMILES string of the molecule is F[B-](F)(F)Cn1ccc(C(F)(F)F)n1.[K+]. The molecule has 0 atom stereocenters. The molecule has 0 fully saturated rings. The topological polar surface area (TPSA) is 17.8 Å². The fourth-order valence-corrected chi connectivity index (χ4v) is 0.827. The second-order valence-electron chi connectivity index (χ2n) is 2.63. The van der Waals surface area contributed by atoms with E-state index >= 15 is 0 Å². The van der Waals surface area contributed by atoms with E-state index in [0.29, 0.717) is 12.3 Å². The molecule has 0 amide bonds. The molecule has 15 heavy (non-hydrogen) atoms. The standard InChI is InChI=1S/C5H4BF6N2.K/c7-5(8,9)4-1-2-14(13-4)3-6(10,11)12;/h1-2H,3H2;/q-1;+1. The monoisotopic (exact) mass is 256 g/mol. The van der Waals surface area contributed by atoms with Crippen LogP contribution in [0, 0.1) is 0 Å². The molecular formula is C5H4BF6KN2. The summed E-state index contributed by atoms with van der Waals surface area (Å²) in [6, 6.07) is 0.502. The minimum atomic E-state index is -5.18. The maximum Gasteiger partial charge on any atom is 1.00 e. The van der Waals surface area contributed by atoms with Crippen molar-refractivity contribution >= 4 is 6.98 Å². The number of hydrogen-bond acceptors (Lipinski definition) is 1. The van der Waals surface area contributed by atoms with Gasteiger partial charge in [-0.1, -0.05) is 0 Å². The van der Waals surface area contributed by atoms with Gasteiger partial charge >= 0.3 is 64.5 Å². The zero-order valence-electron chi connectivity index (χ0n) is 7.60. The maximum atomic E-state index is 11.9. The number of alkyl halides is 3. The molecule has 0 saturated heterocycles. The Bertz CT molecular complexity index is 318. The van der Waals surface area contributed by atoms with Crippen LogP contribution in [0.15, 0.2) is 12.3 Å². The molecule has 10 heteroatoms. The Morgan fingerprint density at radius 2 is 1.80 bits per heavy atom. The van der Waals surface area contributed by atoms with Gasteiger partial charge in [-0.15, -0.1) is 0 Å². The van der Waals surface area contributed by atoms with E-state index in [2.05, 4.69) is 5.10 Å². The number of aromatic nitrogens is 2. The Labute approximate surface area is 123 Å². The van der Waals surface area contributed by atoms with Crippen LogP contribution >= 0.6 is 0 Å². The zero-order chi connectivity index (χ0) is 11.0. The fourth-order valence-electron chi connectivity index (χ4n) is 0.827. The van der Waals surface area contributed by atoms with Crippen LogP contribution < -0.4 is 51.4 Å². The quantitative estimate of drug-likeness (QED) is 0.505. The van der Waals surface area contributed by atoms with Gasteiger partial charge in [0.1, 0.15) is 0 Å². The molecule has 1 heterocycles. The summed E-state index contributed by atoms with van der Waals surface area (Å²) >= 11 is 0. The molecule has 0 aromatic carbocycles. The number of nitrogens with zero attached hydrogens (tertiary/aromatic N) is 2. The molecule has 1 aromatic heterocycles. The Balaban J connectivity index is 0.00000196. The van der Waals surface area contributed by atoms with Gasteiger partial charge in [-0.05, 0) is 6.07 Å². The summed E-state index contributed by atoms with van der Waals surface area (Å²) < 4.78 is 71.2. The molecule has 0 bridgehead atoms. The molecule has 0 saturated carbocycles. The van der Waals surface area contributed by atoms with E-state index in [1.165, 1.54) is 0 Å². The van der Waals surface area contributed by atoms with E-state index in [-0.39, 0.29) is 56.1 Å². The summed E-state index contributed by atoms with van der Waals surface area (Å²) in [6.07, 6.45) is -5.52. The van der Waals surface area contributed by atoms with Crippen LogP contribution in [0.3, 0.4) is 0 Å². The second-order valence-corrected chi connectivity index (χ2v) is 2.63. The first-order chi connectivity index (χ1) is 6.18. The van der Waals surface area contributed by atoms with Gasteiger partial charge in [-0.25, -0.2) is 0 Å². The minimum absolute atomic E-state index is 0. The van der Waals surface area contributed by atoms with Gasteiger partial charge in [0, 0.05) is 12.6 Å². The third-order valence-electron chi connectivity index (χ3n) is 1.33. The summed E-state index contributed by atoms with van der Waals surface area (Å²) in [4.78, 5) is 0. The van der Waals surface area contributed by atoms with E-state index in [1.807, 2.05) is 0 Å². The van der Waals surface area contributed by atoms with E-state index in [9.17, 15) is 26.1 Å². The van der Waals surface area contributed by atoms with Gasteiger partial charge in [0.15, 0.2) is 5.69 Å². The molecule has 0 spiro atoms. The van der Waals surface area contributed by atoms with Crippen molar-refractivity contribution in [3.63, 3.8) is 0 Å². The van der Waals surface area contributed by atoms with Crippen molar-refractivity contribution < 1.29 is 77.5 Å². The van der Waals surface area contributed by atoms with Crippen LogP contribution in [0.4, 0.5) is 26.1 Å². The van der Waals surface area contributed by atoms with E-state index in [1.54, 1.807) is 0 Å². The number of rotatable bonds is 2. The molecule has 0 aliphatic carbocycles. The average Bonchev–Trinajstić information content (AvgIpc) is 2.29. The molecule has 0 unspecified atom stereocenters. The molecule has 0 radical (unpaired) electrons. The molecule has 2 nitrogen and oxygen atoms in total. The summed E-state index contributed by atoms with van der Waals surface area (Å²) in [5.74, 6) is 0. The Morgan fingerprint density at radius 1 is 1.27 bits per heavy atom. The fraction of sp³-hybridized carbons (Fsp3) is 0.400. The molecule has 0 aliphatic heterocycles. The minimum Gasteiger partial charge on any atom is -0.448 e. The number of hydrogen-bond donors (Lipinski definition) is 0. The Morgan fingerprint density at radius 3 is 2.13 bits per heavy atom. The molecule has 1 rings (SSSR count). The molecule has 80 valence electrons. The van der Waals surface area contributed by atoms with Gasteiger partial charge in [-0.2, -0.15) is 18.3 Å². The third kappa shape index (κ3) is 5.38. The van der Waals surface area contributed by atoms with E-state index in [4.69, 9.17) is 0 Å². The molecule has 0 aliphatic rings. The van der Waals surface area contributed by atoms with Crippen molar-refractivity contribution in [2.24, 2.45) is 0 Å². The Hall–Kier alpha value is 0.491. The normalized spacial score (nSPS) is 12.4. The van der Waals surface area contributed by atoms with Crippen LogP contribution in [0.2, 0.25) is 0 Å². The Kier molecular flexibility index (Phi) is 5.38. The van der Waals surface area contributed by atoms with Crippen LogP contribution in [0.25, 0.3) is 0 Å².